The Morgan fingerprint density at radius 3 is 2.71 bits per heavy atom. The number of nitrogens with one attached hydrogen (secondary N) is 1. The molecule has 28 heavy (non-hydrogen) atoms. The quantitative estimate of drug-likeness (QED) is 0.698. The molecule has 1 aliphatic rings. The summed E-state index contributed by atoms with van der Waals surface area (Å²) < 4.78 is 21.5. The zero-order valence-corrected chi connectivity index (χ0v) is 15.8. The van der Waals surface area contributed by atoms with Gasteiger partial charge >= 0.3 is 5.63 Å². The van der Waals surface area contributed by atoms with Crippen LogP contribution in [0.1, 0.15) is 16.7 Å². The number of ether oxygens (including phenoxy) is 3. The first-order valence-electron chi connectivity index (χ1n) is 8.76. The molecule has 7 nitrogen and oxygen atoms in total. The van der Waals surface area contributed by atoms with E-state index in [9.17, 15) is 9.59 Å². The summed E-state index contributed by atoms with van der Waals surface area (Å²) in [5.41, 5.74) is 2.36. The number of amides is 1. The molecule has 0 radical (unpaired) electrons. The summed E-state index contributed by atoms with van der Waals surface area (Å²) in [5, 5.41) is 3.47. The third-order valence-corrected chi connectivity index (χ3v) is 4.70. The van der Waals surface area contributed by atoms with Gasteiger partial charge in [0, 0.05) is 11.8 Å². The van der Waals surface area contributed by atoms with E-state index >= 15 is 0 Å². The van der Waals surface area contributed by atoms with Gasteiger partial charge in [-0.1, -0.05) is 0 Å². The van der Waals surface area contributed by atoms with E-state index in [0.717, 1.165) is 5.56 Å². The van der Waals surface area contributed by atoms with Crippen molar-refractivity contribution in [2.45, 2.75) is 20.3 Å². The molecular formula is C21H19NO6. The largest absolute Gasteiger partial charge is 0.496 e. The highest BCUT2D eigenvalue weighted by Crippen LogP contribution is 2.34. The Kier molecular flexibility index (Phi) is 4.43. The summed E-state index contributed by atoms with van der Waals surface area (Å²) in [7, 11) is 1.56. The van der Waals surface area contributed by atoms with E-state index in [1.54, 1.807) is 38.3 Å². The Balaban J connectivity index is 1.65. The standard InChI is InChI=1S/C21H19NO6/c1-11-6-17(25-3)20-12(2)14(21(24)28-18(20)7-11)9-19(23)22-13-4-5-15-16(8-13)27-10-26-15/h4-8H,9-10H2,1-3H3,(H,22,23). The first-order chi connectivity index (χ1) is 13.5. The van der Waals surface area contributed by atoms with Crippen molar-refractivity contribution in [3.8, 4) is 17.2 Å². The molecule has 1 amide bonds. The summed E-state index contributed by atoms with van der Waals surface area (Å²) in [6.45, 7) is 3.84. The SMILES string of the molecule is COc1cc(C)cc2oc(=O)c(CC(=O)Nc3ccc4c(c3)OCO4)c(C)c12. The van der Waals surface area contributed by atoms with Gasteiger partial charge in [0.2, 0.25) is 12.7 Å². The van der Waals surface area contributed by atoms with Gasteiger partial charge in [-0.15, -0.1) is 0 Å². The third-order valence-electron chi connectivity index (χ3n) is 4.70. The minimum atomic E-state index is -0.529. The molecule has 0 spiro atoms. The first kappa shape index (κ1) is 17.9. The normalized spacial score (nSPS) is 12.2. The number of rotatable bonds is 4. The molecule has 144 valence electrons. The van der Waals surface area contributed by atoms with E-state index in [1.807, 2.05) is 13.0 Å². The zero-order valence-electron chi connectivity index (χ0n) is 15.8. The lowest BCUT2D eigenvalue weighted by Gasteiger charge is -2.12. The van der Waals surface area contributed by atoms with E-state index in [2.05, 4.69) is 5.32 Å². The number of methoxy groups -OCH3 is 1. The Hall–Kier alpha value is -3.48. The van der Waals surface area contributed by atoms with Crippen LogP contribution in [0.3, 0.4) is 0 Å². The number of carbonyl (C=O) groups is 1. The molecule has 3 aromatic rings. The first-order valence-corrected chi connectivity index (χ1v) is 8.76. The maximum atomic E-state index is 12.5. The Morgan fingerprint density at radius 1 is 1.14 bits per heavy atom. The van der Waals surface area contributed by atoms with E-state index in [1.165, 1.54) is 0 Å². The van der Waals surface area contributed by atoms with Crippen LogP contribution in [0.15, 0.2) is 39.5 Å². The third kappa shape index (κ3) is 3.15. The average molecular weight is 381 g/mol. The molecule has 0 fully saturated rings. The van der Waals surface area contributed by atoms with Crippen LogP contribution >= 0.6 is 0 Å². The molecule has 0 saturated carbocycles. The molecule has 2 aromatic carbocycles. The van der Waals surface area contributed by atoms with Gasteiger partial charge in [0.05, 0.1) is 24.5 Å². The van der Waals surface area contributed by atoms with Gasteiger partial charge in [-0.3, -0.25) is 4.79 Å². The predicted molar refractivity (Wildman–Crippen MR) is 103 cm³/mol. The van der Waals surface area contributed by atoms with Gasteiger partial charge in [0.25, 0.3) is 0 Å². The van der Waals surface area contributed by atoms with Crippen molar-refractivity contribution in [1.29, 1.82) is 0 Å². The monoisotopic (exact) mass is 381 g/mol. The minimum Gasteiger partial charge on any atom is -0.496 e. The van der Waals surface area contributed by atoms with Gasteiger partial charge in [-0.2, -0.15) is 0 Å². The number of carbonyl (C=O) groups excluding carboxylic acids is 1. The number of aryl methyl sites for hydroxylation is 2. The summed E-state index contributed by atoms with van der Waals surface area (Å²) in [5.74, 6) is 1.47. The zero-order chi connectivity index (χ0) is 19.8. The van der Waals surface area contributed by atoms with E-state index in [4.69, 9.17) is 18.6 Å². The second-order valence-corrected chi connectivity index (χ2v) is 6.63. The van der Waals surface area contributed by atoms with E-state index in [0.29, 0.717) is 45.0 Å². The summed E-state index contributed by atoms with van der Waals surface area (Å²) in [4.78, 5) is 25.0. The van der Waals surface area contributed by atoms with Crippen molar-refractivity contribution in [3.63, 3.8) is 0 Å². The van der Waals surface area contributed by atoms with Crippen molar-refractivity contribution < 1.29 is 23.4 Å². The van der Waals surface area contributed by atoms with Gasteiger partial charge < -0.3 is 23.9 Å². The molecule has 0 saturated heterocycles. The van der Waals surface area contributed by atoms with Crippen molar-refractivity contribution in [2.75, 3.05) is 19.2 Å². The lowest BCUT2D eigenvalue weighted by molar-refractivity contribution is -0.115. The molecule has 1 N–H and O–H groups in total. The van der Waals surface area contributed by atoms with Gasteiger partial charge in [0.1, 0.15) is 11.3 Å². The molecule has 0 aliphatic carbocycles. The van der Waals surface area contributed by atoms with Crippen LogP contribution in [-0.4, -0.2) is 19.8 Å². The van der Waals surface area contributed by atoms with Gasteiger partial charge in [0.15, 0.2) is 11.5 Å². The molecule has 0 bridgehead atoms. The summed E-state index contributed by atoms with van der Waals surface area (Å²) >= 11 is 0. The predicted octanol–water partition coefficient (Wildman–Crippen LogP) is 3.33. The highest BCUT2D eigenvalue weighted by molar-refractivity contribution is 5.94. The maximum Gasteiger partial charge on any atom is 0.340 e. The molecule has 7 heteroatoms. The fourth-order valence-electron chi connectivity index (χ4n) is 3.34. The van der Waals surface area contributed by atoms with Gasteiger partial charge in [-0.25, -0.2) is 4.79 Å². The second kappa shape index (κ2) is 6.92. The van der Waals surface area contributed by atoms with Crippen LogP contribution in [-0.2, 0) is 11.2 Å². The van der Waals surface area contributed by atoms with Crippen LogP contribution in [0, 0.1) is 13.8 Å². The number of benzene rings is 2. The number of fused-ring (bicyclic) bond motifs is 2. The average Bonchev–Trinajstić information content (AvgIpc) is 3.12. The highest BCUT2D eigenvalue weighted by atomic mass is 16.7. The van der Waals surface area contributed by atoms with Crippen molar-refractivity contribution >= 4 is 22.6 Å². The van der Waals surface area contributed by atoms with Gasteiger partial charge in [-0.05, 0) is 49.2 Å². The highest BCUT2D eigenvalue weighted by Gasteiger charge is 2.19. The minimum absolute atomic E-state index is 0.115. The summed E-state index contributed by atoms with van der Waals surface area (Å²) in [6, 6.07) is 8.77. The molecule has 2 heterocycles. The van der Waals surface area contributed by atoms with Crippen LogP contribution < -0.4 is 25.2 Å². The molecule has 0 unspecified atom stereocenters. The number of hydrogen-bond donors (Lipinski definition) is 1. The second-order valence-electron chi connectivity index (χ2n) is 6.63. The topological polar surface area (TPSA) is 87.0 Å². The van der Waals surface area contributed by atoms with Crippen molar-refractivity contribution in [3.05, 3.63) is 57.4 Å². The number of anilines is 1. The fourth-order valence-corrected chi connectivity index (χ4v) is 3.34. The fraction of sp³-hybridized carbons (Fsp3) is 0.238. The van der Waals surface area contributed by atoms with Crippen LogP contribution in [0.2, 0.25) is 0 Å². The Bertz CT molecular complexity index is 1150. The van der Waals surface area contributed by atoms with Crippen LogP contribution in [0.4, 0.5) is 5.69 Å². The van der Waals surface area contributed by atoms with Crippen LogP contribution in [0.25, 0.3) is 11.0 Å². The Morgan fingerprint density at radius 2 is 1.93 bits per heavy atom. The molecule has 4 rings (SSSR count). The lowest BCUT2D eigenvalue weighted by Crippen LogP contribution is -2.20. The summed E-state index contributed by atoms with van der Waals surface area (Å²) in [6.07, 6.45) is -0.115. The lowest BCUT2D eigenvalue weighted by atomic mass is 10.0. The maximum absolute atomic E-state index is 12.5. The molecule has 0 atom stereocenters. The molecule has 1 aromatic heterocycles. The van der Waals surface area contributed by atoms with Crippen molar-refractivity contribution in [1.82, 2.24) is 0 Å². The molecular weight excluding hydrogens is 362 g/mol. The van der Waals surface area contributed by atoms with E-state index < -0.39 is 5.63 Å². The van der Waals surface area contributed by atoms with E-state index in [-0.39, 0.29) is 19.1 Å². The van der Waals surface area contributed by atoms with Crippen LogP contribution in [0.5, 0.6) is 17.2 Å². The Labute approximate surface area is 160 Å². The number of hydrogen-bond acceptors (Lipinski definition) is 6. The molecule has 1 aliphatic heterocycles. The van der Waals surface area contributed by atoms with Crippen molar-refractivity contribution in [2.24, 2.45) is 0 Å². The smallest absolute Gasteiger partial charge is 0.340 e.